The Balaban J connectivity index is 1.91. The fourth-order valence-electron chi connectivity index (χ4n) is 2.36. The van der Waals surface area contributed by atoms with Crippen LogP contribution in [0.15, 0.2) is 48.5 Å². The van der Waals surface area contributed by atoms with Crippen LogP contribution in [0.1, 0.15) is 54.3 Å². The highest BCUT2D eigenvalue weighted by atomic mass is 16.5. The van der Waals surface area contributed by atoms with E-state index in [0.29, 0.717) is 29.2 Å². The molecule has 0 aromatic heterocycles. The van der Waals surface area contributed by atoms with Gasteiger partial charge in [0.25, 0.3) is 5.91 Å². The second-order valence-electron chi connectivity index (χ2n) is 6.40. The summed E-state index contributed by atoms with van der Waals surface area (Å²) in [7, 11) is 0. The van der Waals surface area contributed by atoms with Crippen LogP contribution < -0.4 is 10.1 Å². The summed E-state index contributed by atoms with van der Waals surface area (Å²) in [6.07, 6.45) is 1.02. The highest BCUT2D eigenvalue weighted by Crippen LogP contribution is 2.15. The molecule has 28 heavy (non-hydrogen) atoms. The quantitative estimate of drug-likeness (QED) is 0.398. The zero-order valence-corrected chi connectivity index (χ0v) is 16.4. The average molecular weight is 383 g/mol. The summed E-state index contributed by atoms with van der Waals surface area (Å²) in [6.45, 7) is 5.65. The fourth-order valence-corrected chi connectivity index (χ4v) is 2.36. The molecule has 2 aromatic rings. The minimum atomic E-state index is -0.992. The molecule has 0 fully saturated rings. The number of benzene rings is 2. The summed E-state index contributed by atoms with van der Waals surface area (Å²) < 4.78 is 10.8. The molecule has 148 valence electrons. The third-order valence-corrected chi connectivity index (χ3v) is 4.05. The van der Waals surface area contributed by atoms with Crippen LogP contribution in [0.2, 0.25) is 0 Å². The number of hydrogen-bond donors (Lipinski definition) is 1. The number of carbonyl (C=O) groups is 3. The summed E-state index contributed by atoms with van der Waals surface area (Å²) in [6, 6.07) is 13.2. The van der Waals surface area contributed by atoms with Crippen LogP contribution in [-0.2, 0) is 9.53 Å². The number of carbonyl (C=O) groups excluding carboxylic acids is 3. The van der Waals surface area contributed by atoms with Crippen LogP contribution in [0, 0.1) is 0 Å². The third-order valence-electron chi connectivity index (χ3n) is 4.05. The first kappa shape index (κ1) is 21.2. The zero-order valence-electron chi connectivity index (χ0n) is 16.4. The lowest BCUT2D eigenvalue weighted by molar-refractivity contribution is -0.123. The first-order valence-corrected chi connectivity index (χ1v) is 9.26. The van der Waals surface area contributed by atoms with Gasteiger partial charge in [-0.05, 0) is 56.7 Å². The number of ketones is 1. The van der Waals surface area contributed by atoms with Crippen molar-refractivity contribution in [1.29, 1.82) is 0 Å². The van der Waals surface area contributed by atoms with E-state index in [4.69, 9.17) is 9.47 Å². The summed E-state index contributed by atoms with van der Waals surface area (Å²) in [5.41, 5.74) is 1.29. The fraction of sp³-hybridized carbons (Fsp3) is 0.318. The number of nitrogens with one attached hydrogen (secondary N) is 1. The highest BCUT2D eigenvalue weighted by molar-refractivity contribution is 5.99. The van der Waals surface area contributed by atoms with E-state index in [1.54, 1.807) is 48.5 Å². The Hall–Kier alpha value is -3.15. The number of anilines is 1. The molecule has 2 aromatic carbocycles. The molecule has 1 atom stereocenters. The van der Waals surface area contributed by atoms with Crippen molar-refractivity contribution in [2.45, 2.75) is 39.7 Å². The Kier molecular flexibility index (Phi) is 7.75. The summed E-state index contributed by atoms with van der Waals surface area (Å²) in [4.78, 5) is 35.9. The Morgan fingerprint density at radius 3 is 2.39 bits per heavy atom. The SMILES string of the molecule is CCCCOc1ccc(C(=O)O[C@@H](C)C(=O)Nc2cccc(C(C)=O)c2)cc1. The largest absolute Gasteiger partial charge is 0.494 e. The molecule has 0 aliphatic carbocycles. The molecule has 0 bridgehead atoms. The van der Waals surface area contributed by atoms with Crippen molar-refractivity contribution in [2.75, 3.05) is 11.9 Å². The van der Waals surface area contributed by atoms with E-state index in [0.717, 1.165) is 12.8 Å². The van der Waals surface area contributed by atoms with Gasteiger partial charge in [-0.15, -0.1) is 0 Å². The third kappa shape index (κ3) is 6.23. The van der Waals surface area contributed by atoms with Crippen molar-refractivity contribution in [1.82, 2.24) is 0 Å². The molecule has 0 radical (unpaired) electrons. The molecule has 1 amide bonds. The molecular formula is C22H25NO5. The molecule has 0 saturated carbocycles. The van der Waals surface area contributed by atoms with Gasteiger partial charge < -0.3 is 14.8 Å². The zero-order chi connectivity index (χ0) is 20.5. The summed E-state index contributed by atoms with van der Waals surface area (Å²) in [5, 5.41) is 2.64. The molecular weight excluding hydrogens is 358 g/mol. The van der Waals surface area contributed by atoms with Gasteiger partial charge in [-0.2, -0.15) is 0 Å². The predicted molar refractivity (Wildman–Crippen MR) is 107 cm³/mol. The number of unbranched alkanes of at least 4 members (excludes halogenated alkanes) is 1. The van der Waals surface area contributed by atoms with Gasteiger partial charge in [-0.25, -0.2) is 4.79 Å². The molecule has 2 rings (SSSR count). The predicted octanol–water partition coefficient (Wildman–Crippen LogP) is 4.25. The summed E-state index contributed by atoms with van der Waals surface area (Å²) >= 11 is 0. The van der Waals surface area contributed by atoms with Gasteiger partial charge in [0.1, 0.15) is 5.75 Å². The first-order valence-electron chi connectivity index (χ1n) is 9.26. The molecule has 0 spiro atoms. The molecule has 6 nitrogen and oxygen atoms in total. The average Bonchev–Trinajstić information content (AvgIpc) is 2.68. The Morgan fingerprint density at radius 2 is 1.75 bits per heavy atom. The van der Waals surface area contributed by atoms with Crippen molar-refractivity contribution < 1.29 is 23.9 Å². The van der Waals surface area contributed by atoms with Crippen molar-refractivity contribution in [3.63, 3.8) is 0 Å². The van der Waals surface area contributed by atoms with Crippen LogP contribution in [0.25, 0.3) is 0 Å². The van der Waals surface area contributed by atoms with Crippen LogP contribution in [0.4, 0.5) is 5.69 Å². The highest BCUT2D eigenvalue weighted by Gasteiger charge is 2.19. The first-order chi connectivity index (χ1) is 13.4. The lowest BCUT2D eigenvalue weighted by Gasteiger charge is -2.14. The van der Waals surface area contributed by atoms with Gasteiger partial charge in [-0.1, -0.05) is 25.5 Å². The molecule has 6 heteroatoms. The van der Waals surface area contributed by atoms with Crippen LogP contribution in [-0.4, -0.2) is 30.4 Å². The van der Waals surface area contributed by atoms with Crippen molar-refractivity contribution in [3.05, 3.63) is 59.7 Å². The van der Waals surface area contributed by atoms with Crippen LogP contribution in [0.3, 0.4) is 0 Å². The monoisotopic (exact) mass is 383 g/mol. The smallest absolute Gasteiger partial charge is 0.338 e. The van der Waals surface area contributed by atoms with Gasteiger partial charge in [-0.3, -0.25) is 9.59 Å². The number of Topliss-reactive ketones (excluding diaryl/α,β-unsaturated/α-hetero) is 1. The molecule has 0 unspecified atom stereocenters. The number of esters is 1. The minimum absolute atomic E-state index is 0.0994. The van der Waals surface area contributed by atoms with Crippen molar-refractivity contribution in [2.24, 2.45) is 0 Å². The Morgan fingerprint density at radius 1 is 1.04 bits per heavy atom. The van der Waals surface area contributed by atoms with Crippen molar-refractivity contribution >= 4 is 23.3 Å². The molecule has 0 heterocycles. The maximum Gasteiger partial charge on any atom is 0.338 e. The second kappa shape index (κ2) is 10.3. The Labute approximate surface area is 164 Å². The lowest BCUT2D eigenvalue weighted by atomic mass is 10.1. The van der Waals surface area contributed by atoms with E-state index in [1.807, 2.05) is 0 Å². The van der Waals surface area contributed by atoms with E-state index >= 15 is 0 Å². The van der Waals surface area contributed by atoms with E-state index in [2.05, 4.69) is 12.2 Å². The van der Waals surface area contributed by atoms with Crippen LogP contribution in [0.5, 0.6) is 5.75 Å². The topological polar surface area (TPSA) is 81.7 Å². The van der Waals surface area contributed by atoms with Gasteiger partial charge in [0.15, 0.2) is 11.9 Å². The maximum atomic E-state index is 12.3. The standard InChI is InChI=1S/C22H25NO5/c1-4-5-13-27-20-11-9-17(10-12-20)22(26)28-16(3)21(25)23-19-8-6-7-18(14-19)15(2)24/h6-12,14,16H,4-5,13H2,1-3H3,(H,23,25)/t16-/m0/s1. The van der Waals surface area contributed by atoms with Gasteiger partial charge in [0.05, 0.1) is 12.2 Å². The number of hydrogen-bond acceptors (Lipinski definition) is 5. The van der Waals surface area contributed by atoms with E-state index in [-0.39, 0.29) is 5.78 Å². The second-order valence-corrected chi connectivity index (χ2v) is 6.40. The Bertz CT molecular complexity index is 829. The molecule has 0 aliphatic heterocycles. The van der Waals surface area contributed by atoms with Gasteiger partial charge in [0.2, 0.25) is 0 Å². The van der Waals surface area contributed by atoms with Crippen LogP contribution >= 0.6 is 0 Å². The van der Waals surface area contributed by atoms with E-state index in [1.165, 1.54) is 13.8 Å². The van der Waals surface area contributed by atoms with E-state index in [9.17, 15) is 14.4 Å². The molecule has 0 saturated heterocycles. The van der Waals surface area contributed by atoms with Gasteiger partial charge in [0, 0.05) is 11.3 Å². The maximum absolute atomic E-state index is 12.3. The molecule has 0 aliphatic rings. The van der Waals surface area contributed by atoms with Crippen molar-refractivity contribution in [3.8, 4) is 5.75 Å². The number of amides is 1. The number of rotatable bonds is 9. The minimum Gasteiger partial charge on any atom is -0.494 e. The summed E-state index contributed by atoms with van der Waals surface area (Å²) in [5.74, 6) is -0.493. The number of ether oxygens (including phenoxy) is 2. The molecule has 1 N–H and O–H groups in total. The van der Waals surface area contributed by atoms with Gasteiger partial charge >= 0.3 is 5.97 Å². The lowest BCUT2D eigenvalue weighted by Crippen LogP contribution is -2.30. The van der Waals surface area contributed by atoms with E-state index < -0.39 is 18.0 Å². The normalized spacial score (nSPS) is 11.4.